The van der Waals surface area contributed by atoms with Gasteiger partial charge in [-0.25, -0.2) is 0 Å². The monoisotopic (exact) mass is 290 g/mol. The zero-order valence-corrected chi connectivity index (χ0v) is 12.4. The molecule has 114 valence electrons. The van der Waals surface area contributed by atoms with Crippen LogP contribution in [0.4, 0.5) is 5.69 Å². The lowest BCUT2D eigenvalue weighted by Gasteiger charge is -2.22. The molecule has 0 aliphatic heterocycles. The molecule has 1 aromatic carbocycles. The van der Waals surface area contributed by atoms with Crippen LogP contribution in [-0.4, -0.2) is 24.5 Å². The number of hydrogen-bond acceptors (Lipinski definition) is 3. The van der Waals surface area contributed by atoms with E-state index in [0.717, 1.165) is 12.8 Å². The first-order valence-electron chi connectivity index (χ1n) is 7.43. The van der Waals surface area contributed by atoms with Gasteiger partial charge in [0.05, 0.1) is 0 Å². The molecule has 0 heterocycles. The molecule has 1 aliphatic rings. The van der Waals surface area contributed by atoms with E-state index in [1.807, 2.05) is 0 Å². The molecule has 1 saturated carbocycles. The third-order valence-corrected chi connectivity index (χ3v) is 3.51. The van der Waals surface area contributed by atoms with E-state index in [4.69, 9.17) is 4.74 Å². The Morgan fingerprint density at radius 3 is 2.43 bits per heavy atom. The van der Waals surface area contributed by atoms with E-state index in [1.54, 1.807) is 24.3 Å². The van der Waals surface area contributed by atoms with Crippen LogP contribution < -0.4 is 15.4 Å². The van der Waals surface area contributed by atoms with Crippen LogP contribution in [0.3, 0.4) is 0 Å². The highest BCUT2D eigenvalue weighted by Crippen LogP contribution is 2.18. The number of anilines is 1. The number of hydrogen-bond donors (Lipinski definition) is 2. The van der Waals surface area contributed by atoms with Crippen molar-refractivity contribution in [3.05, 3.63) is 24.3 Å². The largest absolute Gasteiger partial charge is 0.484 e. The molecule has 2 amide bonds. The van der Waals surface area contributed by atoms with Gasteiger partial charge in [0.2, 0.25) is 5.91 Å². The minimum Gasteiger partial charge on any atom is -0.484 e. The fourth-order valence-electron chi connectivity index (χ4n) is 2.50. The van der Waals surface area contributed by atoms with Gasteiger partial charge in [-0.3, -0.25) is 9.59 Å². The van der Waals surface area contributed by atoms with Crippen molar-refractivity contribution in [2.75, 3.05) is 11.9 Å². The van der Waals surface area contributed by atoms with Gasteiger partial charge in [0.25, 0.3) is 5.91 Å². The maximum atomic E-state index is 11.8. The Balaban J connectivity index is 1.74. The van der Waals surface area contributed by atoms with Crippen LogP contribution in [0.5, 0.6) is 5.75 Å². The zero-order valence-electron chi connectivity index (χ0n) is 12.4. The van der Waals surface area contributed by atoms with Gasteiger partial charge in [0.1, 0.15) is 5.75 Å². The molecule has 0 unspecified atom stereocenters. The van der Waals surface area contributed by atoms with E-state index in [2.05, 4.69) is 10.6 Å². The van der Waals surface area contributed by atoms with Gasteiger partial charge in [-0.15, -0.1) is 0 Å². The van der Waals surface area contributed by atoms with Crippen LogP contribution in [0, 0.1) is 0 Å². The first kappa shape index (κ1) is 15.4. The van der Waals surface area contributed by atoms with Crippen LogP contribution >= 0.6 is 0 Å². The van der Waals surface area contributed by atoms with Gasteiger partial charge in [-0.05, 0) is 37.1 Å². The number of rotatable bonds is 5. The van der Waals surface area contributed by atoms with Crippen molar-refractivity contribution in [1.82, 2.24) is 5.32 Å². The van der Waals surface area contributed by atoms with Gasteiger partial charge in [-0.1, -0.05) is 19.3 Å². The highest BCUT2D eigenvalue weighted by molar-refractivity contribution is 5.88. The van der Waals surface area contributed by atoms with Crippen LogP contribution in [0.25, 0.3) is 0 Å². The van der Waals surface area contributed by atoms with E-state index in [9.17, 15) is 9.59 Å². The molecule has 0 saturated heterocycles. The predicted molar refractivity (Wildman–Crippen MR) is 81.3 cm³/mol. The molecular formula is C16H22N2O3. The second kappa shape index (κ2) is 7.67. The molecule has 5 heteroatoms. The molecule has 0 bridgehead atoms. The van der Waals surface area contributed by atoms with E-state index in [-0.39, 0.29) is 18.4 Å². The van der Waals surface area contributed by atoms with Crippen LogP contribution in [-0.2, 0) is 9.59 Å². The highest BCUT2D eigenvalue weighted by atomic mass is 16.5. The lowest BCUT2D eigenvalue weighted by atomic mass is 9.95. The van der Waals surface area contributed by atoms with E-state index in [1.165, 1.54) is 26.2 Å². The van der Waals surface area contributed by atoms with Crippen LogP contribution in [0.15, 0.2) is 24.3 Å². The smallest absolute Gasteiger partial charge is 0.258 e. The summed E-state index contributed by atoms with van der Waals surface area (Å²) in [4.78, 5) is 22.7. The van der Waals surface area contributed by atoms with Gasteiger partial charge in [-0.2, -0.15) is 0 Å². The van der Waals surface area contributed by atoms with Crippen molar-refractivity contribution in [3.8, 4) is 5.75 Å². The van der Waals surface area contributed by atoms with Crippen molar-refractivity contribution >= 4 is 17.5 Å². The molecule has 1 fully saturated rings. The Kier molecular flexibility index (Phi) is 5.60. The van der Waals surface area contributed by atoms with Gasteiger partial charge >= 0.3 is 0 Å². The van der Waals surface area contributed by atoms with Crippen molar-refractivity contribution in [3.63, 3.8) is 0 Å². The summed E-state index contributed by atoms with van der Waals surface area (Å²) in [5.41, 5.74) is 0.710. The summed E-state index contributed by atoms with van der Waals surface area (Å²) in [5.74, 6) is 0.422. The van der Waals surface area contributed by atoms with E-state index in [0.29, 0.717) is 17.5 Å². The number of carbonyl (C=O) groups excluding carboxylic acids is 2. The fourth-order valence-corrected chi connectivity index (χ4v) is 2.50. The molecule has 21 heavy (non-hydrogen) atoms. The summed E-state index contributed by atoms with van der Waals surface area (Å²) in [7, 11) is 0. The highest BCUT2D eigenvalue weighted by Gasteiger charge is 2.15. The Hall–Kier alpha value is -2.04. The summed E-state index contributed by atoms with van der Waals surface area (Å²) < 4.78 is 5.44. The summed E-state index contributed by atoms with van der Waals surface area (Å²) in [5, 5.41) is 5.68. The van der Waals surface area contributed by atoms with E-state index < -0.39 is 0 Å². The Morgan fingerprint density at radius 2 is 1.81 bits per heavy atom. The second-order valence-corrected chi connectivity index (χ2v) is 5.40. The summed E-state index contributed by atoms with van der Waals surface area (Å²) >= 11 is 0. The quantitative estimate of drug-likeness (QED) is 0.875. The number of carbonyl (C=O) groups is 2. The molecule has 0 aromatic heterocycles. The zero-order chi connectivity index (χ0) is 15.1. The van der Waals surface area contributed by atoms with Crippen molar-refractivity contribution in [2.24, 2.45) is 0 Å². The molecule has 0 spiro atoms. The molecule has 2 N–H and O–H groups in total. The minimum atomic E-state index is -0.115. The average molecular weight is 290 g/mol. The summed E-state index contributed by atoms with van der Waals surface area (Å²) in [6.07, 6.45) is 5.78. The van der Waals surface area contributed by atoms with Crippen LogP contribution in [0.1, 0.15) is 39.0 Å². The number of amides is 2. The third-order valence-electron chi connectivity index (χ3n) is 3.51. The van der Waals surface area contributed by atoms with Crippen LogP contribution in [0.2, 0.25) is 0 Å². The molecule has 1 aliphatic carbocycles. The Morgan fingerprint density at radius 1 is 1.14 bits per heavy atom. The maximum Gasteiger partial charge on any atom is 0.258 e. The third kappa shape index (κ3) is 5.45. The summed E-state index contributed by atoms with van der Waals surface area (Å²) in [6, 6.07) is 7.26. The van der Waals surface area contributed by atoms with Crippen molar-refractivity contribution < 1.29 is 14.3 Å². The SMILES string of the molecule is CC(=O)Nc1ccc(OCC(=O)NC2CCCCC2)cc1. The van der Waals surface area contributed by atoms with Crippen molar-refractivity contribution in [1.29, 1.82) is 0 Å². The topological polar surface area (TPSA) is 67.4 Å². The molecule has 0 atom stereocenters. The minimum absolute atomic E-state index is 0.0238. The number of nitrogens with one attached hydrogen (secondary N) is 2. The first-order chi connectivity index (χ1) is 10.1. The Labute approximate surface area is 125 Å². The Bertz CT molecular complexity index is 479. The number of ether oxygens (including phenoxy) is 1. The molecule has 1 aromatic rings. The predicted octanol–water partition coefficient (Wildman–Crippen LogP) is 2.47. The maximum absolute atomic E-state index is 11.8. The standard InChI is InChI=1S/C16H22N2O3/c1-12(19)17-14-7-9-15(10-8-14)21-11-16(20)18-13-5-3-2-4-6-13/h7-10,13H,2-6,11H2,1H3,(H,17,19)(H,18,20). The molecule has 5 nitrogen and oxygen atoms in total. The lowest BCUT2D eigenvalue weighted by Crippen LogP contribution is -2.38. The molecule has 2 rings (SSSR count). The molecule has 0 radical (unpaired) electrons. The lowest BCUT2D eigenvalue weighted by molar-refractivity contribution is -0.124. The average Bonchev–Trinajstić information content (AvgIpc) is 2.47. The van der Waals surface area contributed by atoms with E-state index >= 15 is 0 Å². The molecular weight excluding hydrogens is 268 g/mol. The van der Waals surface area contributed by atoms with Gasteiger partial charge in [0.15, 0.2) is 6.61 Å². The van der Waals surface area contributed by atoms with Gasteiger partial charge in [0, 0.05) is 18.7 Å². The second-order valence-electron chi connectivity index (χ2n) is 5.40. The summed E-state index contributed by atoms with van der Waals surface area (Å²) in [6.45, 7) is 1.48. The van der Waals surface area contributed by atoms with Crippen molar-refractivity contribution in [2.45, 2.75) is 45.1 Å². The first-order valence-corrected chi connectivity index (χ1v) is 7.43. The number of benzene rings is 1. The van der Waals surface area contributed by atoms with Gasteiger partial charge < -0.3 is 15.4 Å². The fraction of sp³-hybridized carbons (Fsp3) is 0.500. The normalized spacial score (nSPS) is 15.3.